The monoisotopic (exact) mass is 255 g/mol. The van der Waals surface area contributed by atoms with Gasteiger partial charge in [0, 0.05) is 7.05 Å². The second-order valence-electron chi connectivity index (χ2n) is 5.60. The molecule has 100 valence electrons. The van der Waals surface area contributed by atoms with Gasteiger partial charge >= 0.3 is 0 Å². The minimum atomic E-state index is 0.0191. The number of hydrogen-bond acceptors (Lipinski definition) is 2. The highest BCUT2D eigenvalue weighted by molar-refractivity contribution is 5.36. The van der Waals surface area contributed by atoms with Gasteiger partial charge in [-0.25, -0.2) is 0 Å². The van der Waals surface area contributed by atoms with Crippen LogP contribution in [0.2, 0.25) is 0 Å². The van der Waals surface area contributed by atoms with Crippen LogP contribution in [-0.2, 0) is 26.3 Å². The van der Waals surface area contributed by atoms with Gasteiger partial charge in [0.25, 0.3) is 0 Å². The van der Waals surface area contributed by atoms with Gasteiger partial charge in [-0.3, -0.25) is 4.68 Å². The predicted molar refractivity (Wildman–Crippen MR) is 77.0 cm³/mol. The van der Waals surface area contributed by atoms with Crippen molar-refractivity contribution in [1.82, 2.24) is 9.78 Å². The lowest BCUT2D eigenvalue weighted by Crippen LogP contribution is -2.17. The number of rotatable bonds is 3. The highest BCUT2D eigenvalue weighted by Crippen LogP contribution is 2.25. The van der Waals surface area contributed by atoms with Crippen LogP contribution in [0.15, 0.2) is 24.3 Å². The zero-order valence-corrected chi connectivity index (χ0v) is 11.7. The Kier molecular flexibility index (Phi) is 3.15. The molecule has 3 rings (SSSR count). The smallest absolute Gasteiger partial charge is 0.0597 e. The molecule has 0 amide bonds. The molecule has 0 fully saturated rings. The molecule has 1 heterocycles. The summed E-state index contributed by atoms with van der Waals surface area (Å²) in [5, 5.41) is 4.37. The molecule has 2 N–H and O–H groups in total. The molecule has 1 aliphatic carbocycles. The van der Waals surface area contributed by atoms with Crippen LogP contribution in [0.5, 0.6) is 0 Å². The Hall–Kier alpha value is -1.61. The maximum atomic E-state index is 6.33. The van der Waals surface area contributed by atoms with E-state index in [0.29, 0.717) is 0 Å². The Labute approximate surface area is 114 Å². The molecular formula is C16H21N3. The van der Waals surface area contributed by atoms with Gasteiger partial charge in [-0.15, -0.1) is 0 Å². The molecule has 1 atom stereocenters. The number of hydrogen-bond donors (Lipinski definition) is 1. The third-order valence-corrected chi connectivity index (χ3v) is 4.04. The van der Waals surface area contributed by atoms with Crippen molar-refractivity contribution in [2.75, 3.05) is 0 Å². The van der Waals surface area contributed by atoms with Crippen LogP contribution in [-0.4, -0.2) is 9.78 Å². The average molecular weight is 255 g/mol. The molecule has 1 aromatic carbocycles. The van der Waals surface area contributed by atoms with Crippen molar-refractivity contribution in [3.63, 3.8) is 0 Å². The lowest BCUT2D eigenvalue weighted by Gasteiger charge is -2.13. The largest absolute Gasteiger partial charge is 0.322 e. The molecule has 1 aromatic heterocycles. The van der Waals surface area contributed by atoms with Crippen molar-refractivity contribution in [3.05, 3.63) is 52.3 Å². The van der Waals surface area contributed by atoms with Crippen LogP contribution < -0.4 is 5.73 Å². The van der Waals surface area contributed by atoms with Crippen molar-refractivity contribution in [2.24, 2.45) is 12.8 Å². The highest BCUT2D eigenvalue weighted by Gasteiger charge is 2.15. The Morgan fingerprint density at radius 1 is 1.26 bits per heavy atom. The number of aryl methyl sites for hydroxylation is 4. The number of fused-ring (bicyclic) bond motifs is 1. The maximum Gasteiger partial charge on any atom is 0.0597 e. The minimum Gasteiger partial charge on any atom is -0.322 e. The number of nitrogens with zero attached hydrogens (tertiary/aromatic N) is 2. The molecule has 0 saturated heterocycles. The zero-order valence-electron chi connectivity index (χ0n) is 11.7. The topological polar surface area (TPSA) is 43.8 Å². The van der Waals surface area contributed by atoms with E-state index in [2.05, 4.69) is 29.4 Å². The normalized spacial score (nSPS) is 15.5. The Morgan fingerprint density at radius 3 is 2.79 bits per heavy atom. The minimum absolute atomic E-state index is 0.0191. The molecule has 0 spiro atoms. The summed E-state index contributed by atoms with van der Waals surface area (Å²) < 4.78 is 1.90. The van der Waals surface area contributed by atoms with Gasteiger partial charge in [-0.2, -0.15) is 5.10 Å². The summed E-state index contributed by atoms with van der Waals surface area (Å²) in [5.74, 6) is 0. The summed E-state index contributed by atoms with van der Waals surface area (Å²) in [6.45, 7) is 2.01. The Balaban J connectivity index is 1.79. The van der Waals surface area contributed by atoms with E-state index < -0.39 is 0 Å². The molecule has 0 aliphatic heterocycles. The second-order valence-corrected chi connectivity index (χ2v) is 5.60. The molecule has 2 aromatic rings. The van der Waals surface area contributed by atoms with E-state index >= 15 is 0 Å². The van der Waals surface area contributed by atoms with Crippen LogP contribution in [0.1, 0.15) is 40.5 Å². The van der Waals surface area contributed by atoms with Gasteiger partial charge in [-0.1, -0.05) is 18.2 Å². The number of aromatic nitrogens is 2. The van der Waals surface area contributed by atoms with Gasteiger partial charge in [0.1, 0.15) is 0 Å². The van der Waals surface area contributed by atoms with E-state index in [9.17, 15) is 0 Å². The first-order chi connectivity index (χ1) is 9.13. The molecular weight excluding hydrogens is 234 g/mol. The fourth-order valence-electron chi connectivity index (χ4n) is 3.09. The quantitative estimate of drug-likeness (QED) is 0.915. The standard InChI is InChI=1S/C16H21N3/c1-11-8-16(19(2)18-11)15(17)10-12-6-7-13-4-3-5-14(13)9-12/h6-9,15H,3-5,10,17H2,1-2H3. The van der Waals surface area contributed by atoms with E-state index in [1.165, 1.54) is 36.0 Å². The fourth-order valence-corrected chi connectivity index (χ4v) is 3.09. The van der Waals surface area contributed by atoms with Crippen LogP contribution in [0, 0.1) is 6.92 Å². The van der Waals surface area contributed by atoms with Crippen LogP contribution in [0.3, 0.4) is 0 Å². The van der Waals surface area contributed by atoms with Crippen molar-refractivity contribution >= 4 is 0 Å². The van der Waals surface area contributed by atoms with Gasteiger partial charge in [-0.05, 0) is 55.4 Å². The number of benzene rings is 1. The predicted octanol–water partition coefficient (Wildman–Crippen LogP) is 2.46. The summed E-state index contributed by atoms with van der Waals surface area (Å²) in [6, 6.07) is 8.95. The van der Waals surface area contributed by atoms with E-state index in [1.54, 1.807) is 0 Å². The van der Waals surface area contributed by atoms with Gasteiger partial charge < -0.3 is 5.73 Å². The summed E-state index contributed by atoms with van der Waals surface area (Å²) >= 11 is 0. The molecule has 1 unspecified atom stereocenters. The molecule has 0 radical (unpaired) electrons. The maximum absolute atomic E-state index is 6.33. The van der Waals surface area contributed by atoms with Gasteiger partial charge in [0.2, 0.25) is 0 Å². The Bertz CT molecular complexity index is 598. The van der Waals surface area contributed by atoms with Crippen LogP contribution in [0.4, 0.5) is 0 Å². The first kappa shape index (κ1) is 12.4. The molecule has 1 aliphatic rings. The third-order valence-electron chi connectivity index (χ3n) is 4.04. The van der Waals surface area contributed by atoms with E-state index in [4.69, 9.17) is 5.73 Å². The first-order valence-electron chi connectivity index (χ1n) is 7.00. The lowest BCUT2D eigenvalue weighted by molar-refractivity contribution is 0.615. The first-order valence-corrected chi connectivity index (χ1v) is 7.00. The molecule has 3 nitrogen and oxygen atoms in total. The van der Waals surface area contributed by atoms with Crippen molar-refractivity contribution in [2.45, 2.75) is 38.6 Å². The lowest BCUT2D eigenvalue weighted by atomic mass is 10.00. The number of nitrogens with two attached hydrogens (primary N) is 1. The summed E-state index contributed by atoms with van der Waals surface area (Å²) in [4.78, 5) is 0. The van der Waals surface area contributed by atoms with Gasteiger partial charge in [0.05, 0.1) is 17.4 Å². The summed E-state index contributed by atoms with van der Waals surface area (Å²) in [5.41, 5.74) is 12.8. The molecule has 19 heavy (non-hydrogen) atoms. The third kappa shape index (κ3) is 2.43. The van der Waals surface area contributed by atoms with Crippen molar-refractivity contribution in [3.8, 4) is 0 Å². The SMILES string of the molecule is Cc1cc(C(N)Cc2ccc3c(c2)CCC3)n(C)n1. The van der Waals surface area contributed by atoms with E-state index in [-0.39, 0.29) is 6.04 Å². The van der Waals surface area contributed by atoms with Crippen molar-refractivity contribution < 1.29 is 0 Å². The van der Waals surface area contributed by atoms with Crippen LogP contribution >= 0.6 is 0 Å². The molecule has 0 saturated carbocycles. The molecule has 0 bridgehead atoms. The van der Waals surface area contributed by atoms with Gasteiger partial charge in [0.15, 0.2) is 0 Å². The Morgan fingerprint density at radius 2 is 2.05 bits per heavy atom. The average Bonchev–Trinajstić information content (AvgIpc) is 2.94. The van der Waals surface area contributed by atoms with E-state index in [0.717, 1.165) is 17.8 Å². The summed E-state index contributed by atoms with van der Waals surface area (Å²) in [7, 11) is 1.96. The fraction of sp³-hybridized carbons (Fsp3) is 0.438. The second kappa shape index (κ2) is 4.82. The zero-order chi connectivity index (χ0) is 13.4. The highest BCUT2D eigenvalue weighted by atomic mass is 15.3. The molecule has 3 heteroatoms. The van der Waals surface area contributed by atoms with Crippen molar-refractivity contribution in [1.29, 1.82) is 0 Å². The van der Waals surface area contributed by atoms with Crippen LogP contribution in [0.25, 0.3) is 0 Å². The summed E-state index contributed by atoms with van der Waals surface area (Å²) in [6.07, 6.45) is 4.64. The van der Waals surface area contributed by atoms with E-state index in [1.807, 2.05) is 18.7 Å².